The fourth-order valence-corrected chi connectivity index (χ4v) is 3.63. The molecule has 1 saturated carbocycles. The summed E-state index contributed by atoms with van der Waals surface area (Å²) in [4.78, 5) is 14.1. The van der Waals surface area contributed by atoms with Crippen molar-refractivity contribution in [1.29, 1.82) is 0 Å². The normalized spacial score (nSPS) is 37.9. The molecule has 1 aliphatic carbocycles. The molecule has 18 heavy (non-hydrogen) atoms. The molecule has 1 heterocycles. The van der Waals surface area contributed by atoms with E-state index in [2.05, 4.69) is 17.1 Å². The van der Waals surface area contributed by atoms with E-state index in [1.54, 1.807) is 0 Å². The lowest BCUT2D eigenvalue weighted by Crippen LogP contribution is -2.58. The number of rotatable bonds is 4. The summed E-state index contributed by atoms with van der Waals surface area (Å²) in [6, 6.07) is 0.457. The van der Waals surface area contributed by atoms with Crippen LogP contribution in [0.5, 0.6) is 0 Å². The molecule has 2 aliphatic rings. The zero-order valence-electron chi connectivity index (χ0n) is 11.6. The van der Waals surface area contributed by atoms with Gasteiger partial charge in [-0.2, -0.15) is 0 Å². The molecule has 0 amide bonds. The van der Waals surface area contributed by atoms with Gasteiger partial charge in [0.1, 0.15) is 5.54 Å². The fourth-order valence-electron chi connectivity index (χ4n) is 3.63. The zero-order valence-corrected chi connectivity index (χ0v) is 11.6. The van der Waals surface area contributed by atoms with Crippen molar-refractivity contribution in [3.8, 4) is 0 Å². The molecular formula is C14H26N2O2. The van der Waals surface area contributed by atoms with Crippen LogP contribution in [0.15, 0.2) is 0 Å². The average Bonchev–Trinajstić information content (AvgIpc) is 2.76. The van der Waals surface area contributed by atoms with Crippen LogP contribution < -0.4 is 5.32 Å². The minimum Gasteiger partial charge on any atom is -0.480 e. The van der Waals surface area contributed by atoms with E-state index in [9.17, 15) is 9.90 Å². The smallest absolute Gasteiger partial charge is 0.323 e. The van der Waals surface area contributed by atoms with Crippen LogP contribution >= 0.6 is 0 Å². The van der Waals surface area contributed by atoms with Crippen LogP contribution in [0.4, 0.5) is 0 Å². The van der Waals surface area contributed by atoms with Gasteiger partial charge in [0.15, 0.2) is 0 Å². The second kappa shape index (κ2) is 5.57. The molecule has 2 fully saturated rings. The Balaban J connectivity index is 2.04. The molecule has 2 rings (SSSR count). The number of carbonyl (C=O) groups is 1. The highest BCUT2D eigenvalue weighted by Crippen LogP contribution is 2.33. The summed E-state index contributed by atoms with van der Waals surface area (Å²) in [5, 5.41) is 12.8. The number of aliphatic carboxylic acids is 1. The fraction of sp³-hybridized carbons (Fsp3) is 0.929. The van der Waals surface area contributed by atoms with E-state index in [0.717, 1.165) is 51.2 Å². The Kier molecular flexibility index (Phi) is 4.28. The highest BCUT2D eigenvalue weighted by atomic mass is 16.4. The molecular weight excluding hydrogens is 228 g/mol. The quantitative estimate of drug-likeness (QED) is 0.802. The van der Waals surface area contributed by atoms with E-state index in [1.165, 1.54) is 6.42 Å². The third-order valence-electron chi connectivity index (χ3n) is 4.62. The number of carboxylic acid groups (broad SMARTS) is 1. The molecule has 4 heteroatoms. The first kappa shape index (κ1) is 13.8. The maximum absolute atomic E-state index is 11.6. The van der Waals surface area contributed by atoms with Crippen molar-refractivity contribution in [3.05, 3.63) is 0 Å². The molecule has 0 radical (unpaired) electrons. The molecule has 2 N–H and O–H groups in total. The Morgan fingerprint density at radius 3 is 2.83 bits per heavy atom. The van der Waals surface area contributed by atoms with Gasteiger partial charge in [-0.05, 0) is 51.1 Å². The molecule has 0 aromatic carbocycles. The second-order valence-corrected chi connectivity index (χ2v) is 6.06. The first-order valence-corrected chi connectivity index (χ1v) is 7.30. The highest BCUT2D eigenvalue weighted by molar-refractivity contribution is 5.79. The topological polar surface area (TPSA) is 52.6 Å². The van der Waals surface area contributed by atoms with Crippen molar-refractivity contribution < 1.29 is 9.90 Å². The van der Waals surface area contributed by atoms with Gasteiger partial charge in [-0.1, -0.05) is 13.8 Å². The van der Waals surface area contributed by atoms with Gasteiger partial charge in [0.25, 0.3) is 0 Å². The molecule has 3 unspecified atom stereocenters. The van der Waals surface area contributed by atoms with E-state index in [0.29, 0.717) is 6.04 Å². The molecule has 104 valence electrons. The highest BCUT2D eigenvalue weighted by Gasteiger charge is 2.44. The Morgan fingerprint density at radius 2 is 2.28 bits per heavy atom. The van der Waals surface area contributed by atoms with Gasteiger partial charge in [-0.15, -0.1) is 0 Å². The summed E-state index contributed by atoms with van der Waals surface area (Å²) in [7, 11) is 0. The summed E-state index contributed by atoms with van der Waals surface area (Å²) in [6.45, 7) is 7.30. The molecule has 0 aromatic rings. The third kappa shape index (κ3) is 2.69. The molecule has 0 bridgehead atoms. The minimum absolute atomic E-state index is 0.457. The molecule has 0 aromatic heterocycles. The Hall–Kier alpha value is -0.610. The van der Waals surface area contributed by atoms with Crippen molar-refractivity contribution in [3.63, 3.8) is 0 Å². The first-order valence-electron chi connectivity index (χ1n) is 7.30. The monoisotopic (exact) mass is 254 g/mol. The molecule has 1 aliphatic heterocycles. The van der Waals surface area contributed by atoms with E-state index in [4.69, 9.17) is 0 Å². The van der Waals surface area contributed by atoms with Gasteiger partial charge in [0, 0.05) is 12.6 Å². The maximum atomic E-state index is 11.6. The maximum Gasteiger partial charge on any atom is 0.323 e. The predicted octanol–water partition coefficient (Wildman–Crippen LogP) is 1.70. The summed E-state index contributed by atoms with van der Waals surface area (Å²) in [5.74, 6) is 0.103. The lowest BCUT2D eigenvalue weighted by molar-refractivity contribution is -0.147. The van der Waals surface area contributed by atoms with E-state index in [-0.39, 0.29) is 0 Å². The van der Waals surface area contributed by atoms with Gasteiger partial charge >= 0.3 is 5.97 Å². The van der Waals surface area contributed by atoms with Gasteiger partial charge in [-0.25, -0.2) is 0 Å². The van der Waals surface area contributed by atoms with Crippen molar-refractivity contribution in [2.45, 2.75) is 57.5 Å². The summed E-state index contributed by atoms with van der Waals surface area (Å²) < 4.78 is 0. The number of carboxylic acids is 1. The standard InChI is InChI=1S/C14H26N2O2/c1-3-15-14(13(17)18)7-4-5-12(9-14)16-8-6-11(2)10-16/h11-12,15H,3-10H2,1-2H3,(H,17,18). The second-order valence-electron chi connectivity index (χ2n) is 6.06. The number of hydrogen-bond acceptors (Lipinski definition) is 3. The third-order valence-corrected chi connectivity index (χ3v) is 4.62. The van der Waals surface area contributed by atoms with Gasteiger partial charge in [0.2, 0.25) is 0 Å². The van der Waals surface area contributed by atoms with Gasteiger partial charge in [-0.3, -0.25) is 4.79 Å². The summed E-state index contributed by atoms with van der Waals surface area (Å²) >= 11 is 0. The lowest BCUT2D eigenvalue weighted by atomic mass is 9.78. The molecule has 4 nitrogen and oxygen atoms in total. The minimum atomic E-state index is -0.677. The number of likely N-dealkylation sites (tertiary alicyclic amines) is 1. The zero-order chi connectivity index (χ0) is 13.2. The van der Waals surface area contributed by atoms with Crippen LogP contribution in [0.1, 0.15) is 46.0 Å². The Labute approximate surface area is 110 Å². The van der Waals surface area contributed by atoms with E-state index < -0.39 is 11.5 Å². The number of likely N-dealkylation sites (N-methyl/N-ethyl adjacent to an activating group) is 1. The van der Waals surface area contributed by atoms with E-state index in [1.807, 2.05) is 6.92 Å². The Bertz CT molecular complexity index is 304. The first-order chi connectivity index (χ1) is 8.57. The van der Waals surface area contributed by atoms with Crippen molar-refractivity contribution in [2.24, 2.45) is 5.92 Å². The van der Waals surface area contributed by atoms with Crippen LogP contribution in [0.3, 0.4) is 0 Å². The van der Waals surface area contributed by atoms with Crippen molar-refractivity contribution in [2.75, 3.05) is 19.6 Å². The SMILES string of the molecule is CCNC1(C(=O)O)CCCC(N2CCC(C)C2)C1. The van der Waals surface area contributed by atoms with Crippen molar-refractivity contribution in [1.82, 2.24) is 10.2 Å². The number of hydrogen-bond donors (Lipinski definition) is 2. The number of nitrogens with one attached hydrogen (secondary N) is 1. The van der Waals surface area contributed by atoms with Crippen LogP contribution in [-0.4, -0.2) is 47.2 Å². The average molecular weight is 254 g/mol. The largest absolute Gasteiger partial charge is 0.480 e. The lowest BCUT2D eigenvalue weighted by Gasteiger charge is -2.41. The molecule has 0 spiro atoms. The van der Waals surface area contributed by atoms with Crippen LogP contribution in [0, 0.1) is 5.92 Å². The van der Waals surface area contributed by atoms with Gasteiger partial charge in [0.05, 0.1) is 0 Å². The van der Waals surface area contributed by atoms with Crippen LogP contribution in [0.25, 0.3) is 0 Å². The summed E-state index contributed by atoms with van der Waals surface area (Å²) in [5.41, 5.74) is -0.677. The van der Waals surface area contributed by atoms with Crippen LogP contribution in [-0.2, 0) is 4.79 Å². The molecule has 1 saturated heterocycles. The predicted molar refractivity (Wildman–Crippen MR) is 71.7 cm³/mol. The molecule has 3 atom stereocenters. The van der Waals surface area contributed by atoms with Gasteiger partial charge < -0.3 is 15.3 Å². The van der Waals surface area contributed by atoms with E-state index >= 15 is 0 Å². The van der Waals surface area contributed by atoms with Crippen molar-refractivity contribution >= 4 is 5.97 Å². The summed E-state index contributed by atoms with van der Waals surface area (Å²) in [6.07, 6.45) is 4.98. The van der Waals surface area contributed by atoms with Crippen LogP contribution in [0.2, 0.25) is 0 Å². The Morgan fingerprint density at radius 1 is 1.50 bits per heavy atom. The number of nitrogens with zero attached hydrogens (tertiary/aromatic N) is 1.